The molecule has 1 N–H and O–H groups in total. The van der Waals surface area contributed by atoms with Gasteiger partial charge in [-0.15, -0.1) is 0 Å². The van der Waals surface area contributed by atoms with E-state index in [2.05, 4.69) is 10.2 Å². The minimum absolute atomic E-state index is 0.0654. The standard InChI is InChI=1S/C13H24N2O3/c1-11(13(17)14-6-3-9-18-2)15-7-4-12(10-16)5-8-15/h10-12H,3-9H2,1-2H3,(H,14,17). The van der Waals surface area contributed by atoms with E-state index < -0.39 is 0 Å². The Kier molecular flexibility index (Phi) is 6.90. The molecule has 1 saturated heterocycles. The zero-order chi connectivity index (χ0) is 13.4. The van der Waals surface area contributed by atoms with Crippen LogP contribution in [0.5, 0.6) is 0 Å². The van der Waals surface area contributed by atoms with Gasteiger partial charge < -0.3 is 14.8 Å². The van der Waals surface area contributed by atoms with Crippen LogP contribution in [0.2, 0.25) is 0 Å². The van der Waals surface area contributed by atoms with Gasteiger partial charge in [-0.05, 0) is 39.3 Å². The number of hydrogen-bond acceptors (Lipinski definition) is 4. The van der Waals surface area contributed by atoms with Gasteiger partial charge in [0.15, 0.2) is 0 Å². The number of nitrogens with one attached hydrogen (secondary N) is 1. The molecule has 0 bridgehead atoms. The largest absolute Gasteiger partial charge is 0.385 e. The Morgan fingerprint density at radius 1 is 1.50 bits per heavy atom. The van der Waals surface area contributed by atoms with Gasteiger partial charge in [-0.25, -0.2) is 0 Å². The molecule has 1 atom stereocenters. The number of ether oxygens (including phenoxy) is 1. The lowest BCUT2D eigenvalue weighted by Crippen LogP contribution is -2.48. The Morgan fingerprint density at radius 2 is 2.17 bits per heavy atom. The van der Waals surface area contributed by atoms with Crippen LogP contribution in [0.15, 0.2) is 0 Å². The Balaban J connectivity index is 2.24. The number of rotatable bonds is 7. The normalized spacial score (nSPS) is 19.4. The van der Waals surface area contributed by atoms with Gasteiger partial charge in [-0.3, -0.25) is 9.69 Å². The number of carbonyl (C=O) groups excluding carboxylic acids is 2. The highest BCUT2D eigenvalue weighted by Crippen LogP contribution is 2.16. The van der Waals surface area contributed by atoms with Gasteiger partial charge in [0.1, 0.15) is 6.29 Å². The highest BCUT2D eigenvalue weighted by atomic mass is 16.5. The van der Waals surface area contributed by atoms with Crippen LogP contribution in [0.25, 0.3) is 0 Å². The van der Waals surface area contributed by atoms with Crippen LogP contribution >= 0.6 is 0 Å². The van der Waals surface area contributed by atoms with E-state index in [1.807, 2.05) is 6.92 Å². The SMILES string of the molecule is COCCCNC(=O)C(C)N1CCC(C=O)CC1. The monoisotopic (exact) mass is 256 g/mol. The van der Waals surface area contributed by atoms with E-state index in [1.54, 1.807) is 7.11 Å². The lowest BCUT2D eigenvalue weighted by atomic mass is 9.97. The number of hydrogen-bond donors (Lipinski definition) is 1. The van der Waals surface area contributed by atoms with Gasteiger partial charge in [-0.2, -0.15) is 0 Å². The van der Waals surface area contributed by atoms with Crippen molar-refractivity contribution in [1.29, 1.82) is 0 Å². The fourth-order valence-electron chi connectivity index (χ4n) is 2.18. The smallest absolute Gasteiger partial charge is 0.237 e. The summed E-state index contributed by atoms with van der Waals surface area (Å²) in [5, 5.41) is 2.91. The van der Waals surface area contributed by atoms with E-state index in [0.29, 0.717) is 13.2 Å². The molecule has 0 aromatic heterocycles. The van der Waals surface area contributed by atoms with Crippen molar-refractivity contribution >= 4 is 12.2 Å². The van der Waals surface area contributed by atoms with Gasteiger partial charge in [-0.1, -0.05) is 0 Å². The second-order valence-corrected chi connectivity index (χ2v) is 4.82. The van der Waals surface area contributed by atoms with E-state index in [9.17, 15) is 9.59 Å². The molecular formula is C13H24N2O3. The quantitative estimate of drug-likeness (QED) is 0.530. The maximum atomic E-state index is 11.9. The summed E-state index contributed by atoms with van der Waals surface area (Å²) in [5.41, 5.74) is 0. The van der Waals surface area contributed by atoms with Crippen LogP contribution in [-0.4, -0.2) is 56.5 Å². The number of amides is 1. The summed E-state index contributed by atoms with van der Waals surface area (Å²) in [4.78, 5) is 24.7. The third-order valence-electron chi connectivity index (χ3n) is 3.52. The number of carbonyl (C=O) groups is 2. The molecule has 0 aliphatic carbocycles. The van der Waals surface area contributed by atoms with E-state index in [1.165, 1.54) is 0 Å². The van der Waals surface area contributed by atoms with Crippen molar-refractivity contribution in [1.82, 2.24) is 10.2 Å². The van der Waals surface area contributed by atoms with E-state index >= 15 is 0 Å². The van der Waals surface area contributed by atoms with E-state index in [0.717, 1.165) is 38.6 Å². The first-order valence-corrected chi connectivity index (χ1v) is 6.65. The summed E-state index contributed by atoms with van der Waals surface area (Å²) in [6.07, 6.45) is 3.60. The maximum Gasteiger partial charge on any atom is 0.237 e. The number of nitrogens with zero attached hydrogens (tertiary/aromatic N) is 1. The van der Waals surface area contributed by atoms with Crippen molar-refractivity contribution in [3.8, 4) is 0 Å². The lowest BCUT2D eigenvalue weighted by Gasteiger charge is -2.33. The van der Waals surface area contributed by atoms with Crippen LogP contribution in [-0.2, 0) is 14.3 Å². The zero-order valence-corrected chi connectivity index (χ0v) is 11.4. The molecule has 0 aromatic carbocycles. The van der Waals surface area contributed by atoms with Crippen LogP contribution in [0.1, 0.15) is 26.2 Å². The van der Waals surface area contributed by atoms with Gasteiger partial charge in [0.05, 0.1) is 6.04 Å². The Labute approximate surface area is 109 Å². The molecule has 5 nitrogen and oxygen atoms in total. The molecule has 1 unspecified atom stereocenters. The van der Waals surface area contributed by atoms with Gasteiger partial charge in [0.25, 0.3) is 0 Å². The Bertz CT molecular complexity index is 263. The van der Waals surface area contributed by atoms with Crippen molar-refractivity contribution in [3.63, 3.8) is 0 Å². The maximum absolute atomic E-state index is 11.9. The lowest BCUT2D eigenvalue weighted by molar-refractivity contribution is -0.126. The molecule has 0 radical (unpaired) electrons. The van der Waals surface area contributed by atoms with Crippen molar-refractivity contribution in [2.75, 3.05) is 33.4 Å². The molecule has 1 aliphatic heterocycles. The zero-order valence-electron chi connectivity index (χ0n) is 11.4. The molecule has 104 valence electrons. The summed E-state index contributed by atoms with van der Waals surface area (Å²) in [6.45, 7) is 4.90. The first kappa shape index (κ1) is 15.1. The Hall–Kier alpha value is -0.940. The molecular weight excluding hydrogens is 232 g/mol. The molecule has 18 heavy (non-hydrogen) atoms. The topological polar surface area (TPSA) is 58.6 Å². The highest BCUT2D eigenvalue weighted by molar-refractivity contribution is 5.81. The summed E-state index contributed by atoms with van der Waals surface area (Å²) in [7, 11) is 1.65. The molecule has 0 saturated carbocycles. The second-order valence-electron chi connectivity index (χ2n) is 4.82. The van der Waals surface area contributed by atoms with Gasteiger partial charge in [0, 0.05) is 26.2 Å². The van der Waals surface area contributed by atoms with Crippen LogP contribution in [0, 0.1) is 5.92 Å². The summed E-state index contributed by atoms with van der Waals surface area (Å²) in [5.74, 6) is 0.244. The highest BCUT2D eigenvalue weighted by Gasteiger charge is 2.25. The van der Waals surface area contributed by atoms with Crippen LogP contribution in [0.4, 0.5) is 0 Å². The number of piperidine rings is 1. The molecule has 1 amide bonds. The number of aldehydes is 1. The predicted octanol–water partition coefficient (Wildman–Crippen LogP) is 0.439. The fraction of sp³-hybridized carbons (Fsp3) is 0.846. The summed E-state index contributed by atoms with van der Waals surface area (Å²) in [6, 6.07) is -0.111. The molecule has 1 fully saturated rings. The first-order chi connectivity index (χ1) is 8.69. The number of likely N-dealkylation sites (tertiary alicyclic amines) is 1. The predicted molar refractivity (Wildman–Crippen MR) is 69.3 cm³/mol. The molecule has 0 spiro atoms. The van der Waals surface area contributed by atoms with Crippen molar-refractivity contribution in [3.05, 3.63) is 0 Å². The van der Waals surface area contributed by atoms with E-state index in [-0.39, 0.29) is 17.9 Å². The number of methoxy groups -OCH3 is 1. The minimum atomic E-state index is -0.111. The molecule has 5 heteroatoms. The summed E-state index contributed by atoms with van der Waals surface area (Å²) >= 11 is 0. The van der Waals surface area contributed by atoms with Crippen LogP contribution < -0.4 is 5.32 Å². The fourth-order valence-corrected chi connectivity index (χ4v) is 2.18. The Morgan fingerprint density at radius 3 is 2.72 bits per heavy atom. The third-order valence-corrected chi connectivity index (χ3v) is 3.52. The van der Waals surface area contributed by atoms with Crippen molar-refractivity contribution < 1.29 is 14.3 Å². The first-order valence-electron chi connectivity index (χ1n) is 6.65. The van der Waals surface area contributed by atoms with Gasteiger partial charge in [0.2, 0.25) is 5.91 Å². The molecule has 1 heterocycles. The minimum Gasteiger partial charge on any atom is -0.385 e. The van der Waals surface area contributed by atoms with Crippen molar-refractivity contribution in [2.45, 2.75) is 32.2 Å². The third kappa shape index (κ3) is 4.74. The van der Waals surface area contributed by atoms with Crippen molar-refractivity contribution in [2.24, 2.45) is 5.92 Å². The molecule has 1 rings (SSSR count). The average Bonchev–Trinajstić information content (AvgIpc) is 2.42. The van der Waals surface area contributed by atoms with Gasteiger partial charge >= 0.3 is 0 Å². The second kappa shape index (κ2) is 8.21. The average molecular weight is 256 g/mol. The summed E-state index contributed by atoms with van der Waals surface area (Å²) < 4.78 is 4.93. The van der Waals surface area contributed by atoms with Crippen LogP contribution in [0.3, 0.4) is 0 Å². The van der Waals surface area contributed by atoms with E-state index in [4.69, 9.17) is 4.74 Å². The molecule has 1 aliphatic rings. The molecule has 0 aromatic rings.